The molecule has 0 unspecified atom stereocenters. The second kappa shape index (κ2) is 10.4. The van der Waals surface area contributed by atoms with Crippen LogP contribution in [0.2, 0.25) is 0 Å². The third-order valence-electron chi connectivity index (χ3n) is 5.98. The molecule has 12 heteroatoms. The number of amides is 1. The molecule has 0 spiro atoms. The second-order valence-electron chi connectivity index (χ2n) is 8.13. The zero-order chi connectivity index (χ0) is 24.1. The average molecular weight is 480 g/mol. The van der Waals surface area contributed by atoms with E-state index in [1.807, 2.05) is 17.0 Å². The molecule has 2 aliphatic rings. The first-order valence-electron chi connectivity index (χ1n) is 11.1. The predicted octanol–water partition coefficient (Wildman–Crippen LogP) is 1.45. The number of halogens is 3. The Bertz CT molecular complexity index is 959. The number of nitrogens with zero attached hydrogens (tertiary/aromatic N) is 6. The number of ether oxygens (including phenoxy) is 1. The maximum absolute atomic E-state index is 12.8. The standard InChI is InChI=1S/C22H27F3N6O3/c23-22(24,25)34-18-4-2-1-3-17(18)21(33)31-13-11-30(12-14-31)20-6-5-19(26-27-20)29-9-7-28(8-10-29)15-16-32/h1-6,32H,7-16H2. The molecular formula is C22H27F3N6O3. The van der Waals surface area contributed by atoms with E-state index in [4.69, 9.17) is 5.11 Å². The molecule has 0 atom stereocenters. The monoisotopic (exact) mass is 480 g/mol. The highest BCUT2D eigenvalue weighted by Gasteiger charge is 2.34. The molecule has 0 aliphatic carbocycles. The summed E-state index contributed by atoms with van der Waals surface area (Å²) in [6, 6.07) is 9.20. The number of β-amino-alcohol motifs (C(OH)–C–C–N with tert-alkyl or cyclic N) is 1. The zero-order valence-corrected chi connectivity index (χ0v) is 18.6. The summed E-state index contributed by atoms with van der Waals surface area (Å²) < 4.78 is 42.1. The van der Waals surface area contributed by atoms with Gasteiger partial charge in [-0.25, -0.2) is 0 Å². The highest BCUT2D eigenvalue weighted by Crippen LogP contribution is 2.27. The van der Waals surface area contributed by atoms with Gasteiger partial charge in [-0.1, -0.05) is 12.1 Å². The maximum atomic E-state index is 12.8. The van der Waals surface area contributed by atoms with Crippen LogP contribution in [0.3, 0.4) is 0 Å². The number of para-hydroxylation sites is 1. The van der Waals surface area contributed by atoms with Crippen molar-refractivity contribution in [2.75, 3.05) is 75.3 Å². The Hall–Kier alpha value is -3.12. The number of rotatable bonds is 6. The van der Waals surface area contributed by atoms with Crippen LogP contribution in [0.25, 0.3) is 0 Å². The summed E-state index contributed by atoms with van der Waals surface area (Å²) in [5.41, 5.74) is -0.114. The number of alkyl halides is 3. The number of aromatic nitrogens is 2. The molecule has 2 saturated heterocycles. The van der Waals surface area contributed by atoms with Crippen LogP contribution in [0.5, 0.6) is 5.75 Å². The minimum atomic E-state index is -4.87. The van der Waals surface area contributed by atoms with E-state index in [9.17, 15) is 18.0 Å². The average Bonchev–Trinajstić information content (AvgIpc) is 2.84. The van der Waals surface area contributed by atoms with Crippen LogP contribution < -0.4 is 14.5 Å². The SMILES string of the molecule is O=C(c1ccccc1OC(F)(F)F)N1CCN(c2ccc(N3CCN(CCO)CC3)nn2)CC1. The van der Waals surface area contributed by atoms with Gasteiger partial charge in [0.05, 0.1) is 12.2 Å². The van der Waals surface area contributed by atoms with E-state index in [2.05, 4.69) is 24.7 Å². The molecule has 2 fully saturated rings. The van der Waals surface area contributed by atoms with Crippen molar-refractivity contribution in [3.8, 4) is 5.75 Å². The molecule has 2 aliphatic heterocycles. The molecule has 184 valence electrons. The molecule has 1 aromatic carbocycles. The Morgan fingerprint density at radius 3 is 1.97 bits per heavy atom. The lowest BCUT2D eigenvalue weighted by Crippen LogP contribution is -2.49. The van der Waals surface area contributed by atoms with E-state index in [0.29, 0.717) is 38.5 Å². The van der Waals surface area contributed by atoms with Gasteiger partial charge in [0.25, 0.3) is 5.91 Å². The van der Waals surface area contributed by atoms with E-state index in [1.165, 1.54) is 23.1 Å². The Kier molecular flexibility index (Phi) is 7.37. The third kappa shape index (κ3) is 5.86. The largest absolute Gasteiger partial charge is 0.573 e. The van der Waals surface area contributed by atoms with Crippen molar-refractivity contribution in [3.05, 3.63) is 42.0 Å². The molecule has 1 N–H and O–H groups in total. The summed E-state index contributed by atoms with van der Waals surface area (Å²) in [6.45, 7) is 5.83. The van der Waals surface area contributed by atoms with Gasteiger partial charge in [-0.05, 0) is 24.3 Å². The normalized spacial score (nSPS) is 17.7. The zero-order valence-electron chi connectivity index (χ0n) is 18.6. The van der Waals surface area contributed by atoms with Crippen LogP contribution in [0.4, 0.5) is 24.8 Å². The number of hydrogen-bond acceptors (Lipinski definition) is 8. The smallest absolute Gasteiger partial charge is 0.405 e. The molecule has 9 nitrogen and oxygen atoms in total. The fourth-order valence-electron chi connectivity index (χ4n) is 4.16. The van der Waals surface area contributed by atoms with Crippen molar-refractivity contribution in [2.45, 2.75) is 6.36 Å². The number of piperazine rings is 2. The van der Waals surface area contributed by atoms with Crippen LogP contribution in [0.1, 0.15) is 10.4 Å². The van der Waals surface area contributed by atoms with Crippen molar-refractivity contribution in [2.24, 2.45) is 0 Å². The number of carbonyl (C=O) groups is 1. The number of carbonyl (C=O) groups excluding carboxylic acids is 1. The number of anilines is 2. The number of aliphatic hydroxyl groups excluding tert-OH is 1. The molecule has 0 saturated carbocycles. The van der Waals surface area contributed by atoms with Crippen LogP contribution in [-0.4, -0.2) is 103 Å². The van der Waals surface area contributed by atoms with E-state index in [1.54, 1.807) is 0 Å². The molecule has 0 bridgehead atoms. The van der Waals surface area contributed by atoms with E-state index in [-0.39, 0.29) is 12.2 Å². The summed E-state index contributed by atoms with van der Waals surface area (Å²) in [7, 11) is 0. The van der Waals surface area contributed by atoms with Crippen molar-refractivity contribution in [1.29, 1.82) is 0 Å². The second-order valence-corrected chi connectivity index (χ2v) is 8.13. The lowest BCUT2D eigenvalue weighted by Gasteiger charge is -2.36. The number of hydrogen-bond donors (Lipinski definition) is 1. The van der Waals surface area contributed by atoms with Gasteiger partial charge in [0.2, 0.25) is 0 Å². The predicted molar refractivity (Wildman–Crippen MR) is 119 cm³/mol. The minimum Gasteiger partial charge on any atom is -0.405 e. The molecular weight excluding hydrogens is 453 g/mol. The number of aliphatic hydroxyl groups is 1. The molecule has 3 heterocycles. The van der Waals surface area contributed by atoms with Crippen molar-refractivity contribution in [3.63, 3.8) is 0 Å². The van der Waals surface area contributed by atoms with Gasteiger partial charge in [0.15, 0.2) is 11.6 Å². The Balaban J connectivity index is 1.32. The fourth-order valence-corrected chi connectivity index (χ4v) is 4.16. The molecule has 2 aromatic rings. The first-order chi connectivity index (χ1) is 16.3. The van der Waals surface area contributed by atoms with E-state index >= 15 is 0 Å². The molecule has 0 radical (unpaired) electrons. The molecule has 1 amide bonds. The first-order valence-corrected chi connectivity index (χ1v) is 11.1. The van der Waals surface area contributed by atoms with Crippen LogP contribution >= 0.6 is 0 Å². The van der Waals surface area contributed by atoms with Crippen molar-refractivity contribution < 1.29 is 27.8 Å². The summed E-state index contributed by atoms with van der Waals surface area (Å²) in [5.74, 6) is 0.486. The first kappa shape index (κ1) is 24.0. The Labute approximate surface area is 195 Å². The topological polar surface area (TPSA) is 85.3 Å². The van der Waals surface area contributed by atoms with Crippen LogP contribution in [0.15, 0.2) is 36.4 Å². The summed E-state index contributed by atoms with van der Waals surface area (Å²) in [5, 5.41) is 17.8. The fraction of sp³-hybridized carbons (Fsp3) is 0.500. The molecule has 1 aromatic heterocycles. The summed E-state index contributed by atoms with van der Waals surface area (Å²) in [6.07, 6.45) is -4.87. The van der Waals surface area contributed by atoms with Crippen LogP contribution in [-0.2, 0) is 0 Å². The maximum Gasteiger partial charge on any atom is 0.573 e. The minimum absolute atomic E-state index is 0.114. The lowest BCUT2D eigenvalue weighted by atomic mass is 10.1. The van der Waals surface area contributed by atoms with Crippen molar-refractivity contribution in [1.82, 2.24) is 20.0 Å². The van der Waals surface area contributed by atoms with Gasteiger partial charge in [-0.15, -0.1) is 23.4 Å². The highest BCUT2D eigenvalue weighted by molar-refractivity contribution is 5.97. The van der Waals surface area contributed by atoms with Gasteiger partial charge >= 0.3 is 6.36 Å². The molecule has 4 rings (SSSR count). The Morgan fingerprint density at radius 1 is 0.882 bits per heavy atom. The van der Waals surface area contributed by atoms with Gasteiger partial charge in [-0.2, -0.15) is 0 Å². The Morgan fingerprint density at radius 2 is 1.44 bits per heavy atom. The van der Waals surface area contributed by atoms with E-state index < -0.39 is 18.0 Å². The quantitative estimate of drug-likeness (QED) is 0.665. The highest BCUT2D eigenvalue weighted by atomic mass is 19.4. The van der Waals surface area contributed by atoms with Gasteiger partial charge < -0.3 is 24.5 Å². The lowest BCUT2D eigenvalue weighted by molar-refractivity contribution is -0.274. The summed E-state index contributed by atoms with van der Waals surface area (Å²) >= 11 is 0. The van der Waals surface area contributed by atoms with Crippen LogP contribution in [0, 0.1) is 0 Å². The van der Waals surface area contributed by atoms with Gasteiger partial charge in [-0.3, -0.25) is 9.69 Å². The number of benzene rings is 1. The van der Waals surface area contributed by atoms with Crippen molar-refractivity contribution >= 4 is 17.5 Å². The summed E-state index contributed by atoms with van der Waals surface area (Å²) in [4.78, 5) is 20.7. The van der Waals surface area contributed by atoms with E-state index in [0.717, 1.165) is 38.1 Å². The van der Waals surface area contributed by atoms with Gasteiger partial charge in [0, 0.05) is 58.9 Å². The third-order valence-corrected chi connectivity index (χ3v) is 5.98. The molecule has 34 heavy (non-hydrogen) atoms. The van der Waals surface area contributed by atoms with Gasteiger partial charge in [0.1, 0.15) is 5.75 Å².